The minimum atomic E-state index is 0.673. The standard InChI is InChI=1S/C13H16ClN3/c14-13-5-9(11(6-15)7-16)1-2-10(13)8-17-12-3-4-12/h1-2,5-7,12,15,17H,3-4,8,16H2/b11-7+,15-6?. The Kier molecular flexibility index (Phi) is 3.82. The van der Waals surface area contributed by atoms with E-state index in [1.54, 1.807) is 0 Å². The fraction of sp³-hybridized carbons (Fsp3) is 0.308. The zero-order chi connectivity index (χ0) is 12.3. The first kappa shape index (κ1) is 12.1. The van der Waals surface area contributed by atoms with Crippen molar-refractivity contribution in [2.45, 2.75) is 25.4 Å². The van der Waals surface area contributed by atoms with Crippen LogP contribution in [0.2, 0.25) is 5.02 Å². The van der Waals surface area contributed by atoms with E-state index in [4.69, 9.17) is 22.7 Å². The van der Waals surface area contributed by atoms with E-state index in [2.05, 4.69) is 5.32 Å². The van der Waals surface area contributed by atoms with Gasteiger partial charge in [-0.15, -0.1) is 0 Å². The lowest BCUT2D eigenvalue weighted by Gasteiger charge is -2.08. The fourth-order valence-electron chi connectivity index (χ4n) is 1.64. The molecule has 0 unspecified atom stereocenters. The number of benzene rings is 1. The molecule has 90 valence electrons. The number of allylic oxidation sites excluding steroid dienone is 1. The highest BCUT2D eigenvalue weighted by molar-refractivity contribution is 6.31. The van der Waals surface area contributed by atoms with E-state index in [-0.39, 0.29) is 0 Å². The van der Waals surface area contributed by atoms with Crippen molar-refractivity contribution in [3.63, 3.8) is 0 Å². The van der Waals surface area contributed by atoms with Crippen LogP contribution in [0.5, 0.6) is 0 Å². The highest BCUT2D eigenvalue weighted by Crippen LogP contribution is 2.24. The lowest BCUT2D eigenvalue weighted by molar-refractivity contribution is 0.688. The van der Waals surface area contributed by atoms with Gasteiger partial charge in [0.25, 0.3) is 0 Å². The smallest absolute Gasteiger partial charge is 0.0457 e. The number of halogens is 1. The summed E-state index contributed by atoms with van der Waals surface area (Å²) >= 11 is 6.21. The molecule has 4 heteroatoms. The third-order valence-corrected chi connectivity index (χ3v) is 3.23. The van der Waals surface area contributed by atoms with Gasteiger partial charge < -0.3 is 16.5 Å². The maximum absolute atomic E-state index is 7.24. The van der Waals surface area contributed by atoms with E-state index in [1.807, 2.05) is 18.2 Å². The third kappa shape index (κ3) is 3.08. The summed E-state index contributed by atoms with van der Waals surface area (Å²) in [5.41, 5.74) is 8.08. The number of rotatable bonds is 5. The molecule has 17 heavy (non-hydrogen) atoms. The number of nitrogens with two attached hydrogens (primary N) is 1. The van der Waals surface area contributed by atoms with Crippen LogP contribution in [-0.4, -0.2) is 12.3 Å². The molecule has 2 rings (SSSR count). The number of hydrogen-bond donors (Lipinski definition) is 3. The van der Waals surface area contributed by atoms with Crippen LogP contribution in [0.1, 0.15) is 24.0 Å². The second-order valence-electron chi connectivity index (χ2n) is 4.23. The Balaban J connectivity index is 2.12. The lowest BCUT2D eigenvalue weighted by Crippen LogP contribution is -2.15. The molecule has 0 bridgehead atoms. The van der Waals surface area contributed by atoms with Gasteiger partial charge in [0.05, 0.1) is 0 Å². The van der Waals surface area contributed by atoms with Crippen LogP contribution in [0.3, 0.4) is 0 Å². The van der Waals surface area contributed by atoms with Crippen molar-refractivity contribution in [2.75, 3.05) is 0 Å². The van der Waals surface area contributed by atoms with Crippen molar-refractivity contribution in [1.29, 1.82) is 5.41 Å². The van der Waals surface area contributed by atoms with Gasteiger partial charge in [0.15, 0.2) is 0 Å². The van der Waals surface area contributed by atoms with Crippen molar-refractivity contribution < 1.29 is 0 Å². The predicted molar refractivity (Wildman–Crippen MR) is 72.3 cm³/mol. The van der Waals surface area contributed by atoms with Crippen LogP contribution in [0.15, 0.2) is 24.4 Å². The molecule has 4 N–H and O–H groups in total. The van der Waals surface area contributed by atoms with Gasteiger partial charge in [0.2, 0.25) is 0 Å². The predicted octanol–water partition coefficient (Wildman–Crippen LogP) is 2.54. The molecule has 1 aliphatic rings. The molecule has 0 aromatic heterocycles. The largest absolute Gasteiger partial charge is 0.404 e. The van der Waals surface area contributed by atoms with Crippen molar-refractivity contribution in [3.05, 3.63) is 40.5 Å². The molecule has 1 fully saturated rings. The zero-order valence-corrected chi connectivity index (χ0v) is 10.3. The first-order valence-electron chi connectivity index (χ1n) is 5.69. The Morgan fingerprint density at radius 3 is 2.82 bits per heavy atom. The molecule has 1 saturated carbocycles. The molecule has 0 radical (unpaired) electrons. The summed E-state index contributed by atoms with van der Waals surface area (Å²) in [6.45, 7) is 0.802. The summed E-state index contributed by atoms with van der Waals surface area (Å²) < 4.78 is 0. The van der Waals surface area contributed by atoms with Crippen molar-refractivity contribution >= 4 is 23.4 Å². The highest BCUT2D eigenvalue weighted by Gasteiger charge is 2.20. The first-order valence-corrected chi connectivity index (χ1v) is 6.07. The summed E-state index contributed by atoms with van der Waals surface area (Å²) in [5.74, 6) is 0. The van der Waals surface area contributed by atoms with Crippen LogP contribution < -0.4 is 11.1 Å². The summed E-state index contributed by atoms with van der Waals surface area (Å²) in [5, 5.41) is 11.4. The normalized spacial score (nSPS) is 15.9. The Morgan fingerprint density at radius 1 is 1.53 bits per heavy atom. The van der Waals surface area contributed by atoms with E-state index in [0.717, 1.165) is 22.7 Å². The van der Waals surface area contributed by atoms with E-state index in [9.17, 15) is 0 Å². The number of nitrogens with one attached hydrogen (secondary N) is 2. The van der Waals surface area contributed by atoms with Crippen molar-refractivity contribution in [2.24, 2.45) is 5.73 Å². The first-order chi connectivity index (χ1) is 8.24. The maximum atomic E-state index is 7.24. The van der Waals surface area contributed by atoms with E-state index in [1.165, 1.54) is 25.3 Å². The monoisotopic (exact) mass is 249 g/mol. The summed E-state index contributed by atoms with van der Waals surface area (Å²) in [4.78, 5) is 0. The van der Waals surface area contributed by atoms with E-state index < -0.39 is 0 Å². The summed E-state index contributed by atoms with van der Waals surface area (Å²) in [6, 6.07) is 6.46. The van der Waals surface area contributed by atoms with E-state index in [0.29, 0.717) is 11.6 Å². The molecule has 0 heterocycles. The molecular formula is C13H16ClN3. The molecule has 0 spiro atoms. The van der Waals surface area contributed by atoms with Crippen LogP contribution >= 0.6 is 11.6 Å². The van der Waals surface area contributed by atoms with Crippen LogP contribution in [-0.2, 0) is 6.54 Å². The average molecular weight is 250 g/mol. The Morgan fingerprint density at radius 2 is 2.29 bits per heavy atom. The fourth-order valence-corrected chi connectivity index (χ4v) is 1.89. The van der Waals surface area contributed by atoms with Gasteiger partial charge in [-0.1, -0.05) is 23.7 Å². The third-order valence-electron chi connectivity index (χ3n) is 2.88. The Hall–Kier alpha value is -1.32. The van der Waals surface area contributed by atoms with Crippen LogP contribution in [0.25, 0.3) is 5.57 Å². The molecule has 1 aromatic rings. The summed E-state index contributed by atoms with van der Waals surface area (Å²) in [6.07, 6.45) is 5.18. The van der Waals surface area contributed by atoms with Gasteiger partial charge in [-0.25, -0.2) is 0 Å². The average Bonchev–Trinajstić information content (AvgIpc) is 3.13. The second-order valence-corrected chi connectivity index (χ2v) is 4.63. The SMILES string of the molecule is N=C/C(=C\N)c1ccc(CNC2CC2)c(Cl)c1. The Labute approximate surface area is 106 Å². The van der Waals surface area contributed by atoms with Gasteiger partial charge in [-0.3, -0.25) is 0 Å². The molecule has 3 nitrogen and oxygen atoms in total. The van der Waals surface area contributed by atoms with Gasteiger partial charge in [0.1, 0.15) is 0 Å². The molecule has 0 amide bonds. The molecule has 0 saturated heterocycles. The van der Waals surface area contributed by atoms with Gasteiger partial charge in [-0.05, 0) is 30.0 Å². The maximum Gasteiger partial charge on any atom is 0.0457 e. The summed E-state index contributed by atoms with van der Waals surface area (Å²) in [7, 11) is 0. The van der Waals surface area contributed by atoms with Gasteiger partial charge in [0, 0.05) is 35.6 Å². The molecule has 1 aromatic carbocycles. The second kappa shape index (κ2) is 5.34. The molecule has 0 atom stereocenters. The molecule has 0 aliphatic heterocycles. The van der Waals surface area contributed by atoms with Crippen LogP contribution in [0, 0.1) is 5.41 Å². The molecular weight excluding hydrogens is 234 g/mol. The lowest BCUT2D eigenvalue weighted by atomic mass is 10.1. The van der Waals surface area contributed by atoms with Crippen LogP contribution in [0.4, 0.5) is 0 Å². The topological polar surface area (TPSA) is 61.9 Å². The van der Waals surface area contributed by atoms with Gasteiger partial charge >= 0.3 is 0 Å². The van der Waals surface area contributed by atoms with Crippen molar-refractivity contribution in [3.8, 4) is 0 Å². The minimum Gasteiger partial charge on any atom is -0.404 e. The van der Waals surface area contributed by atoms with Gasteiger partial charge in [-0.2, -0.15) is 0 Å². The molecule has 1 aliphatic carbocycles. The highest BCUT2D eigenvalue weighted by atomic mass is 35.5. The Bertz CT molecular complexity index is 450. The quantitative estimate of drug-likeness (QED) is 0.703. The van der Waals surface area contributed by atoms with Crippen molar-refractivity contribution in [1.82, 2.24) is 5.32 Å². The zero-order valence-electron chi connectivity index (χ0n) is 9.54. The number of hydrogen-bond acceptors (Lipinski definition) is 3. The van der Waals surface area contributed by atoms with E-state index >= 15 is 0 Å². The minimum absolute atomic E-state index is 0.673.